The van der Waals surface area contributed by atoms with Crippen molar-refractivity contribution in [3.05, 3.63) is 169 Å². The molecule has 0 amide bonds. The largest absolute Gasteiger partial charge is 0.457 e. The molecular formula is C46H35N5O. The molecule has 0 saturated heterocycles. The van der Waals surface area contributed by atoms with E-state index in [-0.39, 0.29) is 5.41 Å². The summed E-state index contributed by atoms with van der Waals surface area (Å²) in [6, 6.07) is 52.9. The molecule has 0 bridgehead atoms. The van der Waals surface area contributed by atoms with E-state index in [1.54, 1.807) is 0 Å². The Hall–Kier alpha value is -6.66. The monoisotopic (exact) mass is 673 g/mol. The number of aromatic nitrogens is 4. The van der Waals surface area contributed by atoms with Gasteiger partial charge in [-0.25, -0.2) is 9.97 Å². The normalized spacial score (nSPS) is 13.4. The third-order valence-electron chi connectivity index (χ3n) is 10.6. The molecule has 0 atom stereocenters. The van der Waals surface area contributed by atoms with Crippen molar-refractivity contribution in [3.63, 3.8) is 0 Å². The lowest BCUT2D eigenvalue weighted by molar-refractivity contribution is 0.482. The quantitative estimate of drug-likeness (QED) is 0.182. The highest BCUT2D eigenvalue weighted by molar-refractivity contribution is 6.12. The van der Waals surface area contributed by atoms with E-state index < -0.39 is 0 Å². The van der Waals surface area contributed by atoms with Crippen molar-refractivity contribution in [1.82, 2.24) is 19.1 Å². The Morgan fingerprint density at radius 3 is 2.23 bits per heavy atom. The van der Waals surface area contributed by atoms with Gasteiger partial charge in [0.2, 0.25) is 0 Å². The molecule has 10 rings (SSSR count). The molecule has 0 unspecified atom stereocenters. The van der Waals surface area contributed by atoms with E-state index in [4.69, 9.17) is 14.7 Å². The SMILES string of the molecule is Cn1c(-c2cccc(Oc3cccc(-n4c5ncccc5c5ccc6c(c54)C(C)(C)c4ccccc4N6c4ccccc4)c3)c2)nc2ccccc21. The Bertz CT molecular complexity index is 2830. The fourth-order valence-corrected chi connectivity index (χ4v) is 8.22. The van der Waals surface area contributed by atoms with E-state index in [1.165, 1.54) is 22.2 Å². The zero-order valence-corrected chi connectivity index (χ0v) is 29.2. The molecule has 0 aliphatic carbocycles. The fourth-order valence-electron chi connectivity index (χ4n) is 8.22. The summed E-state index contributed by atoms with van der Waals surface area (Å²) >= 11 is 0. The van der Waals surface area contributed by atoms with Gasteiger partial charge in [-0.15, -0.1) is 0 Å². The Balaban J connectivity index is 1.14. The molecule has 6 aromatic carbocycles. The highest BCUT2D eigenvalue weighted by Gasteiger charge is 2.39. The molecule has 1 aliphatic rings. The van der Waals surface area contributed by atoms with Gasteiger partial charge in [0, 0.05) is 52.3 Å². The van der Waals surface area contributed by atoms with Crippen molar-refractivity contribution in [2.45, 2.75) is 19.3 Å². The Morgan fingerprint density at radius 2 is 1.37 bits per heavy atom. The summed E-state index contributed by atoms with van der Waals surface area (Å²) in [5.41, 5.74) is 11.8. The Labute approximate surface area is 301 Å². The molecule has 9 aromatic rings. The first-order valence-electron chi connectivity index (χ1n) is 17.6. The lowest BCUT2D eigenvalue weighted by Gasteiger charge is -2.42. The molecule has 0 fully saturated rings. The Kier molecular flexibility index (Phi) is 6.64. The lowest BCUT2D eigenvalue weighted by atomic mass is 9.72. The number of ether oxygens (including phenoxy) is 1. The molecule has 1 aliphatic heterocycles. The van der Waals surface area contributed by atoms with Crippen molar-refractivity contribution in [3.8, 4) is 28.6 Å². The van der Waals surface area contributed by atoms with E-state index in [0.29, 0.717) is 0 Å². The van der Waals surface area contributed by atoms with E-state index in [1.807, 2.05) is 48.7 Å². The van der Waals surface area contributed by atoms with Gasteiger partial charge in [-0.05, 0) is 78.4 Å². The number of para-hydroxylation sites is 4. The second-order valence-electron chi connectivity index (χ2n) is 14.0. The Morgan fingerprint density at radius 1 is 0.615 bits per heavy atom. The third kappa shape index (κ3) is 4.50. The van der Waals surface area contributed by atoms with Crippen LogP contribution in [0.25, 0.3) is 50.0 Å². The molecule has 6 heteroatoms. The number of imidazole rings is 1. The maximum absolute atomic E-state index is 6.61. The summed E-state index contributed by atoms with van der Waals surface area (Å²) < 4.78 is 11.1. The molecule has 4 heterocycles. The number of benzene rings is 6. The number of hydrogen-bond acceptors (Lipinski definition) is 4. The zero-order valence-electron chi connectivity index (χ0n) is 29.2. The average Bonchev–Trinajstić information content (AvgIpc) is 3.70. The number of hydrogen-bond donors (Lipinski definition) is 0. The standard InChI is InChI=1S/C46H35N5O/c1-46(2)37-21-7-9-23-39(37)50(31-15-5-4-6-16-31)41-26-25-35-36-20-13-27-47-45(36)51(43(35)42(41)46)32-17-12-19-34(29-32)52-33-18-11-14-30(28-33)44-48-38-22-8-10-24-40(38)49(44)3/h4-29H,1-3H3. The number of pyridine rings is 1. The average molecular weight is 674 g/mol. The van der Waals surface area contributed by atoms with E-state index in [0.717, 1.165) is 67.5 Å². The van der Waals surface area contributed by atoms with Gasteiger partial charge in [-0.1, -0.05) is 86.6 Å². The summed E-state index contributed by atoms with van der Waals surface area (Å²) in [6.45, 7) is 4.69. The van der Waals surface area contributed by atoms with E-state index in [9.17, 15) is 0 Å². The summed E-state index contributed by atoms with van der Waals surface area (Å²) in [5.74, 6) is 2.39. The second-order valence-corrected chi connectivity index (χ2v) is 14.0. The van der Waals surface area contributed by atoms with Gasteiger partial charge in [0.25, 0.3) is 0 Å². The highest BCUT2D eigenvalue weighted by atomic mass is 16.5. The van der Waals surface area contributed by atoms with Crippen LogP contribution in [0.1, 0.15) is 25.0 Å². The maximum atomic E-state index is 6.61. The molecule has 250 valence electrons. The first-order chi connectivity index (χ1) is 25.5. The highest BCUT2D eigenvalue weighted by Crippen LogP contribution is 2.55. The van der Waals surface area contributed by atoms with Gasteiger partial charge < -0.3 is 14.2 Å². The minimum absolute atomic E-state index is 0.312. The van der Waals surface area contributed by atoms with Crippen LogP contribution in [0.3, 0.4) is 0 Å². The van der Waals surface area contributed by atoms with Crippen LogP contribution in [-0.2, 0) is 12.5 Å². The lowest BCUT2D eigenvalue weighted by Crippen LogP contribution is -2.31. The number of aryl methyl sites for hydroxylation is 1. The topological polar surface area (TPSA) is 48.1 Å². The zero-order chi connectivity index (χ0) is 35.0. The van der Waals surface area contributed by atoms with E-state index >= 15 is 0 Å². The van der Waals surface area contributed by atoms with Crippen LogP contribution in [-0.4, -0.2) is 19.1 Å². The van der Waals surface area contributed by atoms with Crippen LogP contribution in [0.15, 0.2) is 158 Å². The van der Waals surface area contributed by atoms with E-state index in [2.05, 4.69) is 144 Å². The van der Waals surface area contributed by atoms with Gasteiger partial charge in [0.1, 0.15) is 23.0 Å². The third-order valence-corrected chi connectivity index (χ3v) is 10.6. The van der Waals surface area contributed by atoms with Crippen LogP contribution in [0, 0.1) is 0 Å². The van der Waals surface area contributed by atoms with Gasteiger partial charge in [-0.2, -0.15) is 0 Å². The molecule has 3 aromatic heterocycles. The van der Waals surface area contributed by atoms with Crippen LogP contribution in [0.4, 0.5) is 17.1 Å². The molecular weight excluding hydrogens is 639 g/mol. The number of nitrogens with zero attached hydrogens (tertiary/aromatic N) is 5. The second kappa shape index (κ2) is 11.4. The van der Waals surface area contributed by atoms with Gasteiger partial charge in [-0.3, -0.25) is 4.57 Å². The molecule has 0 spiro atoms. The summed E-state index contributed by atoms with van der Waals surface area (Å²) in [6.07, 6.45) is 1.88. The predicted molar refractivity (Wildman–Crippen MR) is 212 cm³/mol. The van der Waals surface area contributed by atoms with Gasteiger partial charge in [0.05, 0.1) is 33.6 Å². The molecule has 6 nitrogen and oxygen atoms in total. The fraction of sp³-hybridized carbons (Fsp3) is 0.0870. The molecule has 0 radical (unpaired) electrons. The minimum atomic E-state index is -0.312. The van der Waals surface area contributed by atoms with Crippen molar-refractivity contribution < 1.29 is 4.74 Å². The van der Waals surface area contributed by atoms with Crippen molar-refractivity contribution >= 4 is 50.0 Å². The molecule has 0 N–H and O–H groups in total. The summed E-state index contributed by atoms with van der Waals surface area (Å²) in [7, 11) is 2.05. The van der Waals surface area contributed by atoms with Crippen molar-refractivity contribution in [2.24, 2.45) is 7.05 Å². The molecule has 0 saturated carbocycles. The van der Waals surface area contributed by atoms with Crippen LogP contribution >= 0.6 is 0 Å². The number of fused-ring (bicyclic) bond motifs is 7. The maximum Gasteiger partial charge on any atom is 0.145 e. The van der Waals surface area contributed by atoms with Crippen LogP contribution in [0.5, 0.6) is 11.5 Å². The van der Waals surface area contributed by atoms with Crippen LogP contribution in [0.2, 0.25) is 0 Å². The minimum Gasteiger partial charge on any atom is -0.457 e. The summed E-state index contributed by atoms with van der Waals surface area (Å²) in [4.78, 5) is 12.3. The number of rotatable bonds is 5. The van der Waals surface area contributed by atoms with Crippen molar-refractivity contribution in [1.29, 1.82) is 0 Å². The predicted octanol–water partition coefficient (Wildman–Crippen LogP) is 11.6. The van der Waals surface area contributed by atoms with Gasteiger partial charge in [0.15, 0.2) is 0 Å². The van der Waals surface area contributed by atoms with Crippen molar-refractivity contribution in [2.75, 3.05) is 4.90 Å². The smallest absolute Gasteiger partial charge is 0.145 e. The first kappa shape index (κ1) is 30.2. The number of anilines is 3. The molecule has 52 heavy (non-hydrogen) atoms. The first-order valence-corrected chi connectivity index (χ1v) is 17.6. The summed E-state index contributed by atoms with van der Waals surface area (Å²) in [5, 5.41) is 2.28. The van der Waals surface area contributed by atoms with Gasteiger partial charge >= 0.3 is 0 Å². The van der Waals surface area contributed by atoms with Crippen LogP contribution < -0.4 is 9.64 Å².